The highest BCUT2D eigenvalue weighted by molar-refractivity contribution is 6.12. The van der Waals surface area contributed by atoms with Gasteiger partial charge in [-0.05, 0) is 37.4 Å². The maximum Gasteiger partial charge on any atom is 0.265 e. The molecule has 3 aliphatic rings. The molecule has 0 saturated carbocycles. The molecule has 39 heavy (non-hydrogen) atoms. The molecule has 196 valence electrons. The number of hydrogen-bond donors (Lipinski definition) is 1. The molecule has 0 amide bonds. The van der Waals surface area contributed by atoms with E-state index < -0.39 is 0 Å². The number of ether oxygens (including phenoxy) is 1. The second-order valence-corrected chi connectivity index (χ2v) is 9.97. The Hall–Kier alpha value is -4.37. The zero-order valence-corrected chi connectivity index (χ0v) is 22.1. The van der Waals surface area contributed by atoms with E-state index in [0.29, 0.717) is 22.7 Å². The van der Waals surface area contributed by atoms with Crippen LogP contribution < -0.4 is 15.5 Å². The van der Waals surface area contributed by atoms with Gasteiger partial charge >= 0.3 is 0 Å². The summed E-state index contributed by atoms with van der Waals surface area (Å²) in [4.78, 5) is 27.3. The zero-order valence-electron chi connectivity index (χ0n) is 22.1. The van der Waals surface area contributed by atoms with Crippen LogP contribution in [0.2, 0.25) is 0 Å². The number of methoxy groups -OCH3 is 1. The van der Waals surface area contributed by atoms with Gasteiger partial charge in [-0.2, -0.15) is 10.8 Å². The van der Waals surface area contributed by atoms with Crippen LogP contribution >= 0.6 is 0 Å². The summed E-state index contributed by atoms with van der Waals surface area (Å²) in [6.45, 7) is 4.13. The van der Waals surface area contributed by atoms with Crippen LogP contribution in [0.1, 0.15) is 27.0 Å². The third-order valence-corrected chi connectivity index (χ3v) is 7.54. The van der Waals surface area contributed by atoms with E-state index in [0.717, 1.165) is 48.7 Å². The van der Waals surface area contributed by atoms with Crippen LogP contribution in [0.3, 0.4) is 0 Å². The number of carbonyl (C=O) groups is 1. The third kappa shape index (κ3) is 4.48. The van der Waals surface area contributed by atoms with Crippen LogP contribution in [0, 0.1) is 0 Å². The van der Waals surface area contributed by atoms with Crippen molar-refractivity contribution in [3.63, 3.8) is 0 Å². The van der Waals surface area contributed by atoms with Crippen LogP contribution in [0.25, 0.3) is 5.70 Å². The van der Waals surface area contributed by atoms with Crippen LogP contribution in [-0.2, 0) is 0 Å². The van der Waals surface area contributed by atoms with Crippen LogP contribution in [0.4, 0.5) is 5.69 Å². The molecule has 3 heterocycles. The highest BCUT2D eigenvalue weighted by Gasteiger charge is 2.44. The highest BCUT2D eigenvalue weighted by Crippen LogP contribution is 2.37. The molecule has 1 unspecified atom stereocenters. The van der Waals surface area contributed by atoms with Crippen LogP contribution in [-0.4, -0.2) is 67.7 Å². The van der Waals surface area contributed by atoms with E-state index in [1.54, 1.807) is 37.7 Å². The van der Waals surface area contributed by atoms with Crippen molar-refractivity contribution in [1.29, 1.82) is 0 Å². The number of piperazine rings is 1. The summed E-state index contributed by atoms with van der Waals surface area (Å²) in [6.07, 6.45) is 5.27. The SMILES string of the molecule is COc1cc(C2=NC(c3ccc(N4CCN(C)CC4)cc3)=C3C=NC=C[N+]23N)ccc1C(=O)c1ccccc1. The summed E-state index contributed by atoms with van der Waals surface area (Å²) >= 11 is 0. The number of hydrogen-bond acceptors (Lipinski definition) is 7. The maximum atomic E-state index is 13.2. The second-order valence-electron chi connectivity index (χ2n) is 9.97. The van der Waals surface area contributed by atoms with Crippen molar-refractivity contribution in [2.24, 2.45) is 15.8 Å². The molecule has 6 rings (SSSR count). The first kappa shape index (κ1) is 24.9. The Labute approximate surface area is 228 Å². The van der Waals surface area contributed by atoms with Gasteiger partial charge in [-0.25, -0.2) is 0 Å². The maximum absolute atomic E-state index is 13.2. The van der Waals surface area contributed by atoms with Crippen molar-refractivity contribution in [1.82, 2.24) is 4.90 Å². The van der Waals surface area contributed by atoms with E-state index in [4.69, 9.17) is 15.6 Å². The van der Waals surface area contributed by atoms with Gasteiger partial charge in [0, 0.05) is 43.0 Å². The topological polar surface area (TPSA) is 83.5 Å². The Kier molecular flexibility index (Phi) is 6.44. The molecule has 0 spiro atoms. The molecule has 3 aromatic carbocycles. The lowest BCUT2D eigenvalue weighted by Gasteiger charge is -2.34. The molecule has 8 heteroatoms. The molecule has 2 N–H and O–H groups in total. The average Bonchev–Trinajstić information content (AvgIpc) is 3.30. The Morgan fingerprint density at radius 3 is 2.38 bits per heavy atom. The van der Waals surface area contributed by atoms with Gasteiger partial charge in [0.1, 0.15) is 17.6 Å². The first-order valence-corrected chi connectivity index (χ1v) is 13.0. The predicted octanol–water partition coefficient (Wildman–Crippen LogP) is 4.05. The number of rotatable bonds is 6. The molecule has 1 atom stereocenters. The number of ketones is 1. The number of benzene rings is 3. The lowest BCUT2D eigenvalue weighted by molar-refractivity contribution is -0.749. The zero-order chi connectivity index (χ0) is 27.0. The summed E-state index contributed by atoms with van der Waals surface area (Å²) in [5.41, 5.74) is 5.57. The number of fused-ring (bicyclic) bond motifs is 1. The first-order valence-electron chi connectivity index (χ1n) is 13.0. The largest absolute Gasteiger partial charge is 0.496 e. The van der Waals surface area contributed by atoms with Crippen LogP contribution in [0.15, 0.2) is 101 Å². The van der Waals surface area contributed by atoms with Gasteiger partial charge in [0.15, 0.2) is 5.78 Å². The van der Waals surface area contributed by atoms with Crippen molar-refractivity contribution in [3.8, 4) is 5.75 Å². The monoisotopic (exact) mass is 519 g/mol. The molecule has 0 aliphatic carbocycles. The number of nitrogens with two attached hydrogens (primary N) is 1. The van der Waals surface area contributed by atoms with Gasteiger partial charge in [-0.15, -0.1) is 4.59 Å². The Bertz CT molecular complexity index is 1530. The molecule has 1 fully saturated rings. The number of aliphatic imine (C=N–C) groups is 2. The molecule has 0 bridgehead atoms. The molecule has 8 nitrogen and oxygen atoms in total. The summed E-state index contributed by atoms with van der Waals surface area (Å²) < 4.78 is 5.54. The van der Waals surface area contributed by atoms with E-state index in [1.807, 2.05) is 36.5 Å². The van der Waals surface area contributed by atoms with Crippen molar-refractivity contribution in [2.45, 2.75) is 0 Å². The number of likely N-dealkylation sites (N-methyl/N-ethyl adjacent to an activating group) is 1. The first-order chi connectivity index (χ1) is 19.0. The molecular formula is C31H31N6O2+. The van der Waals surface area contributed by atoms with Gasteiger partial charge in [-0.3, -0.25) is 9.79 Å². The number of quaternary nitrogens is 1. The second kappa shape index (κ2) is 10.1. The van der Waals surface area contributed by atoms with E-state index in [9.17, 15) is 4.79 Å². The molecule has 0 aromatic heterocycles. The summed E-state index contributed by atoms with van der Waals surface area (Å²) in [6, 6.07) is 23.2. The highest BCUT2D eigenvalue weighted by atomic mass is 16.5. The summed E-state index contributed by atoms with van der Waals surface area (Å²) in [5, 5.41) is 0. The lowest BCUT2D eigenvalue weighted by atomic mass is 10.00. The van der Waals surface area contributed by atoms with E-state index in [1.165, 1.54) is 5.69 Å². The van der Waals surface area contributed by atoms with Crippen molar-refractivity contribution >= 4 is 29.2 Å². The summed E-state index contributed by atoms with van der Waals surface area (Å²) in [7, 11) is 3.72. The fourth-order valence-corrected chi connectivity index (χ4v) is 5.25. The van der Waals surface area contributed by atoms with Gasteiger partial charge in [0.05, 0.1) is 30.7 Å². The smallest absolute Gasteiger partial charge is 0.265 e. The Morgan fingerprint density at radius 2 is 1.67 bits per heavy atom. The van der Waals surface area contributed by atoms with Gasteiger partial charge in [0.2, 0.25) is 5.70 Å². The van der Waals surface area contributed by atoms with Gasteiger partial charge in [-0.1, -0.05) is 42.5 Å². The van der Waals surface area contributed by atoms with Crippen molar-refractivity contribution in [2.75, 3.05) is 45.2 Å². The van der Waals surface area contributed by atoms with Crippen molar-refractivity contribution in [3.05, 3.63) is 113 Å². The third-order valence-electron chi connectivity index (χ3n) is 7.54. The van der Waals surface area contributed by atoms with Crippen molar-refractivity contribution < 1.29 is 14.1 Å². The number of nitrogens with zero attached hydrogens (tertiary/aromatic N) is 5. The number of carbonyl (C=O) groups excluding carboxylic acids is 1. The fraction of sp³-hybridized carbons (Fsp3) is 0.194. The predicted molar refractivity (Wildman–Crippen MR) is 155 cm³/mol. The van der Waals surface area contributed by atoms with Gasteiger partial charge in [0.25, 0.3) is 5.84 Å². The molecule has 1 saturated heterocycles. The van der Waals surface area contributed by atoms with E-state index in [-0.39, 0.29) is 10.4 Å². The minimum Gasteiger partial charge on any atom is -0.496 e. The standard InChI is InChI=1S/C31H31N6O2/c1-35-15-17-36(18-16-35)25-11-8-22(9-12-25)29-27-21-33-14-19-37(27,32)31(34-29)24-10-13-26(28(20-24)39-2)30(38)23-6-4-3-5-7-23/h3-14,19-21H,15-18,32H2,1-2H3/q+1. The molecule has 0 radical (unpaired) electrons. The number of allylic oxidation sites excluding steroid dienone is 1. The Morgan fingerprint density at radius 1 is 0.949 bits per heavy atom. The number of anilines is 1. The molecule has 3 aromatic rings. The van der Waals surface area contributed by atoms with E-state index in [2.05, 4.69) is 46.1 Å². The summed E-state index contributed by atoms with van der Waals surface area (Å²) in [5.74, 6) is 7.95. The number of amidine groups is 1. The quantitative estimate of drug-likeness (QED) is 0.302. The Balaban J connectivity index is 1.35. The minimum atomic E-state index is -0.117. The minimum absolute atomic E-state index is 0.103. The molecular weight excluding hydrogens is 488 g/mol. The molecule has 3 aliphatic heterocycles. The van der Waals surface area contributed by atoms with Crippen LogP contribution in [0.5, 0.6) is 5.75 Å². The average molecular weight is 520 g/mol. The van der Waals surface area contributed by atoms with E-state index >= 15 is 0 Å². The fourth-order valence-electron chi connectivity index (χ4n) is 5.25. The van der Waals surface area contributed by atoms with Gasteiger partial charge < -0.3 is 14.5 Å². The normalized spacial score (nSPS) is 20.7. The lowest BCUT2D eigenvalue weighted by Crippen LogP contribution is -2.53.